The standard InChI is InChI=1S/C15H14ClFN2O2/c1-8-5-13(14(21-2)7-11(8)16)19-15(20)10-4-3-9(17)6-12(10)18/h3-7H,18H2,1-2H3,(H,19,20). The fourth-order valence-corrected chi connectivity index (χ4v) is 2.01. The van der Waals surface area contributed by atoms with Crippen LogP contribution in [0.4, 0.5) is 15.8 Å². The van der Waals surface area contributed by atoms with Crippen LogP contribution in [-0.2, 0) is 0 Å². The van der Waals surface area contributed by atoms with Gasteiger partial charge in [0.15, 0.2) is 0 Å². The second-order valence-electron chi connectivity index (χ2n) is 4.49. The molecule has 2 rings (SSSR count). The highest BCUT2D eigenvalue weighted by Gasteiger charge is 2.14. The molecule has 0 aliphatic rings. The maximum absolute atomic E-state index is 13.0. The van der Waals surface area contributed by atoms with E-state index in [0.717, 1.165) is 11.6 Å². The van der Waals surface area contributed by atoms with Crippen LogP contribution >= 0.6 is 11.6 Å². The molecular weight excluding hydrogens is 295 g/mol. The maximum atomic E-state index is 13.0. The van der Waals surface area contributed by atoms with E-state index in [1.165, 1.54) is 19.2 Å². The van der Waals surface area contributed by atoms with Crippen LogP contribution in [0.5, 0.6) is 5.75 Å². The average molecular weight is 309 g/mol. The van der Waals surface area contributed by atoms with Gasteiger partial charge in [0.05, 0.1) is 18.4 Å². The van der Waals surface area contributed by atoms with Gasteiger partial charge in [-0.05, 0) is 36.8 Å². The van der Waals surface area contributed by atoms with Gasteiger partial charge < -0.3 is 15.8 Å². The molecule has 0 aromatic heterocycles. The molecule has 4 nitrogen and oxygen atoms in total. The van der Waals surface area contributed by atoms with Gasteiger partial charge in [0, 0.05) is 16.8 Å². The Hall–Kier alpha value is -2.27. The Bertz CT molecular complexity index is 704. The summed E-state index contributed by atoms with van der Waals surface area (Å²) in [6, 6.07) is 6.91. The summed E-state index contributed by atoms with van der Waals surface area (Å²) in [6.07, 6.45) is 0. The van der Waals surface area contributed by atoms with Crippen molar-refractivity contribution in [2.75, 3.05) is 18.2 Å². The summed E-state index contributed by atoms with van der Waals surface area (Å²) in [7, 11) is 1.48. The Morgan fingerprint density at radius 3 is 2.67 bits per heavy atom. The molecule has 21 heavy (non-hydrogen) atoms. The van der Waals surface area contributed by atoms with Crippen LogP contribution in [0.25, 0.3) is 0 Å². The fourth-order valence-electron chi connectivity index (χ4n) is 1.86. The zero-order valence-electron chi connectivity index (χ0n) is 11.5. The number of carbonyl (C=O) groups excluding carboxylic acids is 1. The lowest BCUT2D eigenvalue weighted by Crippen LogP contribution is -2.15. The molecule has 0 atom stereocenters. The highest BCUT2D eigenvalue weighted by molar-refractivity contribution is 6.31. The first kappa shape index (κ1) is 15.1. The molecule has 0 saturated heterocycles. The van der Waals surface area contributed by atoms with Gasteiger partial charge in [-0.3, -0.25) is 4.79 Å². The largest absolute Gasteiger partial charge is 0.495 e. The quantitative estimate of drug-likeness (QED) is 0.851. The predicted molar refractivity (Wildman–Crippen MR) is 81.5 cm³/mol. The van der Waals surface area contributed by atoms with Gasteiger partial charge in [0.1, 0.15) is 11.6 Å². The second-order valence-corrected chi connectivity index (χ2v) is 4.89. The van der Waals surface area contributed by atoms with E-state index in [1.807, 2.05) is 6.92 Å². The third-order valence-corrected chi connectivity index (χ3v) is 3.39. The van der Waals surface area contributed by atoms with Crippen molar-refractivity contribution in [2.24, 2.45) is 0 Å². The number of hydrogen-bond donors (Lipinski definition) is 2. The second kappa shape index (κ2) is 6.01. The van der Waals surface area contributed by atoms with Gasteiger partial charge in [-0.2, -0.15) is 0 Å². The Morgan fingerprint density at radius 1 is 1.33 bits per heavy atom. The highest BCUT2D eigenvalue weighted by atomic mass is 35.5. The number of halogens is 2. The zero-order valence-corrected chi connectivity index (χ0v) is 12.3. The number of nitrogens with two attached hydrogens (primary N) is 1. The number of ether oxygens (including phenoxy) is 1. The molecule has 0 bridgehead atoms. The number of aryl methyl sites for hydroxylation is 1. The summed E-state index contributed by atoms with van der Waals surface area (Å²) in [5, 5.41) is 3.21. The predicted octanol–water partition coefficient (Wildman–Crippen LogP) is 3.63. The summed E-state index contributed by atoms with van der Waals surface area (Å²) in [6.45, 7) is 1.81. The zero-order chi connectivity index (χ0) is 15.6. The third-order valence-electron chi connectivity index (χ3n) is 2.99. The lowest BCUT2D eigenvalue weighted by atomic mass is 10.1. The number of anilines is 2. The number of nitrogen functional groups attached to an aromatic ring is 1. The minimum Gasteiger partial charge on any atom is -0.495 e. The van der Waals surface area contributed by atoms with Gasteiger partial charge >= 0.3 is 0 Å². The van der Waals surface area contributed by atoms with Crippen molar-refractivity contribution in [3.63, 3.8) is 0 Å². The molecule has 0 unspecified atom stereocenters. The molecule has 1 amide bonds. The molecule has 0 fully saturated rings. The smallest absolute Gasteiger partial charge is 0.257 e. The van der Waals surface area contributed by atoms with E-state index in [1.54, 1.807) is 12.1 Å². The summed E-state index contributed by atoms with van der Waals surface area (Å²) in [5.74, 6) is -0.517. The molecule has 0 spiro atoms. The van der Waals surface area contributed by atoms with Crippen LogP contribution in [0.15, 0.2) is 30.3 Å². The highest BCUT2D eigenvalue weighted by Crippen LogP contribution is 2.31. The number of rotatable bonds is 3. The summed E-state index contributed by atoms with van der Waals surface area (Å²) in [5.41, 5.74) is 7.16. The number of methoxy groups -OCH3 is 1. The molecule has 2 aromatic rings. The molecule has 0 heterocycles. The first-order valence-corrected chi connectivity index (χ1v) is 6.50. The van der Waals surface area contributed by atoms with E-state index in [9.17, 15) is 9.18 Å². The van der Waals surface area contributed by atoms with E-state index < -0.39 is 11.7 Å². The molecule has 0 saturated carbocycles. The number of benzene rings is 2. The fraction of sp³-hybridized carbons (Fsp3) is 0.133. The van der Waals surface area contributed by atoms with Gasteiger partial charge in [0.2, 0.25) is 0 Å². The third kappa shape index (κ3) is 3.25. The Balaban J connectivity index is 2.33. The molecule has 0 radical (unpaired) electrons. The molecule has 0 aliphatic heterocycles. The van der Waals surface area contributed by atoms with Crippen molar-refractivity contribution < 1.29 is 13.9 Å². The van der Waals surface area contributed by atoms with E-state index in [0.29, 0.717) is 16.5 Å². The van der Waals surface area contributed by atoms with Crippen LogP contribution in [0, 0.1) is 12.7 Å². The van der Waals surface area contributed by atoms with E-state index in [-0.39, 0.29) is 11.3 Å². The van der Waals surface area contributed by atoms with Crippen LogP contribution < -0.4 is 15.8 Å². The summed E-state index contributed by atoms with van der Waals surface area (Å²) < 4.78 is 18.2. The van der Waals surface area contributed by atoms with Crippen molar-refractivity contribution >= 4 is 28.9 Å². The maximum Gasteiger partial charge on any atom is 0.257 e. The SMILES string of the molecule is COc1cc(Cl)c(C)cc1NC(=O)c1ccc(F)cc1N. The molecule has 3 N–H and O–H groups in total. The van der Waals surface area contributed by atoms with Crippen molar-refractivity contribution in [2.45, 2.75) is 6.92 Å². The van der Waals surface area contributed by atoms with Crippen molar-refractivity contribution in [1.82, 2.24) is 0 Å². The first-order valence-electron chi connectivity index (χ1n) is 6.13. The van der Waals surface area contributed by atoms with Crippen LogP contribution in [-0.4, -0.2) is 13.0 Å². The van der Waals surface area contributed by atoms with Gasteiger partial charge in [-0.1, -0.05) is 11.6 Å². The van der Waals surface area contributed by atoms with Crippen LogP contribution in [0.3, 0.4) is 0 Å². The van der Waals surface area contributed by atoms with Crippen molar-refractivity contribution in [1.29, 1.82) is 0 Å². The number of amides is 1. The van der Waals surface area contributed by atoms with Gasteiger partial charge in [-0.15, -0.1) is 0 Å². The number of hydrogen-bond acceptors (Lipinski definition) is 3. The lowest BCUT2D eigenvalue weighted by molar-refractivity contribution is 0.102. The number of nitrogens with one attached hydrogen (secondary N) is 1. The molecule has 6 heteroatoms. The normalized spacial score (nSPS) is 10.3. The summed E-state index contributed by atoms with van der Waals surface area (Å²) >= 11 is 6.01. The van der Waals surface area contributed by atoms with E-state index >= 15 is 0 Å². The lowest BCUT2D eigenvalue weighted by Gasteiger charge is -2.13. The topological polar surface area (TPSA) is 64.3 Å². The molecular formula is C15H14ClFN2O2. The van der Waals surface area contributed by atoms with Crippen LogP contribution in [0.1, 0.15) is 15.9 Å². The van der Waals surface area contributed by atoms with Gasteiger partial charge in [0.25, 0.3) is 5.91 Å². The van der Waals surface area contributed by atoms with Crippen molar-refractivity contribution in [3.8, 4) is 5.75 Å². The average Bonchev–Trinajstić information content (AvgIpc) is 2.42. The minimum atomic E-state index is -0.496. The number of carbonyl (C=O) groups is 1. The Kier molecular flexibility index (Phi) is 4.33. The molecule has 0 aliphatic carbocycles. The van der Waals surface area contributed by atoms with Crippen molar-refractivity contribution in [3.05, 3.63) is 52.3 Å². The molecule has 110 valence electrons. The van der Waals surface area contributed by atoms with E-state index in [2.05, 4.69) is 5.32 Å². The van der Waals surface area contributed by atoms with Gasteiger partial charge in [-0.25, -0.2) is 4.39 Å². The molecule has 2 aromatic carbocycles. The first-order chi connectivity index (χ1) is 9.92. The Morgan fingerprint density at radius 2 is 2.05 bits per heavy atom. The summed E-state index contributed by atoms with van der Waals surface area (Å²) in [4.78, 5) is 12.2. The Labute approximate surface area is 126 Å². The monoisotopic (exact) mass is 308 g/mol. The van der Waals surface area contributed by atoms with Crippen LogP contribution in [0.2, 0.25) is 5.02 Å². The minimum absolute atomic E-state index is 0.0668. The van der Waals surface area contributed by atoms with E-state index in [4.69, 9.17) is 22.1 Å².